The number of amides is 2. The summed E-state index contributed by atoms with van der Waals surface area (Å²) < 4.78 is 18.1. The number of nitrogens with one attached hydrogen (secondary N) is 1. The van der Waals surface area contributed by atoms with E-state index in [4.69, 9.17) is 13.9 Å². The molecule has 1 fully saturated rings. The molecule has 2 amide bonds. The number of benzene rings is 1. The third-order valence-electron chi connectivity index (χ3n) is 7.28. The van der Waals surface area contributed by atoms with Crippen LogP contribution in [-0.4, -0.2) is 44.9 Å². The summed E-state index contributed by atoms with van der Waals surface area (Å²) in [5.41, 5.74) is 0.738. The summed E-state index contributed by atoms with van der Waals surface area (Å²) in [6.07, 6.45) is 6.92. The number of carbonyl (C=O) groups is 2. The molecule has 1 atom stereocenters. The Morgan fingerprint density at radius 2 is 1.97 bits per heavy atom. The topological polar surface area (TPSA) is 98.8 Å². The van der Waals surface area contributed by atoms with Crippen molar-refractivity contribution in [3.63, 3.8) is 0 Å². The second-order valence-corrected chi connectivity index (χ2v) is 9.71. The van der Waals surface area contributed by atoms with Crippen molar-refractivity contribution in [1.82, 2.24) is 20.0 Å². The van der Waals surface area contributed by atoms with Crippen LogP contribution in [0.4, 0.5) is 0 Å². The van der Waals surface area contributed by atoms with Crippen LogP contribution in [-0.2, 0) is 17.9 Å². The molecule has 1 saturated carbocycles. The van der Waals surface area contributed by atoms with Gasteiger partial charge < -0.3 is 24.1 Å². The summed E-state index contributed by atoms with van der Waals surface area (Å²) in [6, 6.07) is 11.1. The maximum absolute atomic E-state index is 13.8. The molecule has 0 radical (unpaired) electrons. The lowest BCUT2D eigenvalue weighted by molar-refractivity contribution is -0.134. The molecule has 2 aliphatic heterocycles. The van der Waals surface area contributed by atoms with Crippen LogP contribution >= 0.6 is 0 Å². The van der Waals surface area contributed by atoms with Gasteiger partial charge in [0.15, 0.2) is 17.3 Å². The number of carbonyl (C=O) groups excluding carboxylic acids is 2. The molecular formula is C26H28N4O5. The maximum Gasteiger partial charge on any atom is 0.273 e. The molecule has 3 aromatic rings. The molecule has 9 nitrogen and oxygen atoms in total. The van der Waals surface area contributed by atoms with Crippen molar-refractivity contribution in [3.05, 3.63) is 53.9 Å². The number of hydrogen-bond donors (Lipinski definition) is 1. The molecule has 0 saturated heterocycles. The molecule has 0 spiro atoms. The summed E-state index contributed by atoms with van der Waals surface area (Å²) in [7, 11) is 0. The fourth-order valence-electron chi connectivity index (χ4n) is 5.24. The normalized spacial score (nSPS) is 21.7. The van der Waals surface area contributed by atoms with Gasteiger partial charge in [0, 0.05) is 18.7 Å². The van der Waals surface area contributed by atoms with Gasteiger partial charge in [-0.25, -0.2) is 0 Å². The van der Waals surface area contributed by atoms with Gasteiger partial charge in [0.05, 0.1) is 12.8 Å². The Labute approximate surface area is 203 Å². The van der Waals surface area contributed by atoms with Crippen LogP contribution in [0.3, 0.4) is 0 Å². The predicted molar refractivity (Wildman–Crippen MR) is 126 cm³/mol. The Morgan fingerprint density at radius 1 is 1.14 bits per heavy atom. The van der Waals surface area contributed by atoms with Gasteiger partial charge in [-0.3, -0.25) is 14.3 Å². The molecule has 4 heterocycles. The minimum Gasteiger partial charge on any atom is -0.463 e. The second kappa shape index (κ2) is 8.48. The quantitative estimate of drug-likeness (QED) is 0.603. The van der Waals surface area contributed by atoms with Gasteiger partial charge in [-0.1, -0.05) is 25.3 Å². The van der Waals surface area contributed by atoms with E-state index >= 15 is 0 Å². The van der Waals surface area contributed by atoms with Crippen molar-refractivity contribution >= 4 is 11.8 Å². The van der Waals surface area contributed by atoms with Gasteiger partial charge in [-0.05, 0) is 49.6 Å². The molecule has 6 rings (SSSR count). The summed E-state index contributed by atoms with van der Waals surface area (Å²) in [6.45, 7) is 2.51. The summed E-state index contributed by atoms with van der Waals surface area (Å²) in [5, 5.41) is 7.85. The third kappa shape index (κ3) is 3.84. The highest BCUT2D eigenvalue weighted by atomic mass is 16.7. The van der Waals surface area contributed by atoms with E-state index in [0.717, 1.165) is 31.2 Å². The van der Waals surface area contributed by atoms with E-state index in [-0.39, 0.29) is 37.7 Å². The van der Waals surface area contributed by atoms with Crippen LogP contribution in [0.5, 0.6) is 11.5 Å². The highest BCUT2D eigenvalue weighted by Crippen LogP contribution is 2.36. The number of nitrogens with zero attached hydrogens (tertiary/aromatic N) is 3. The van der Waals surface area contributed by atoms with E-state index in [0.29, 0.717) is 28.6 Å². The van der Waals surface area contributed by atoms with Crippen molar-refractivity contribution in [3.8, 4) is 23.0 Å². The van der Waals surface area contributed by atoms with E-state index in [1.807, 2.05) is 25.1 Å². The average Bonchev–Trinajstić information content (AvgIpc) is 3.62. The number of fused-ring (bicyclic) bond motifs is 2. The Hall–Kier alpha value is -3.75. The van der Waals surface area contributed by atoms with Crippen molar-refractivity contribution < 1.29 is 23.5 Å². The van der Waals surface area contributed by atoms with Crippen LogP contribution in [0.25, 0.3) is 11.5 Å². The van der Waals surface area contributed by atoms with Gasteiger partial charge in [0.25, 0.3) is 5.91 Å². The molecule has 1 aromatic carbocycles. The van der Waals surface area contributed by atoms with E-state index in [2.05, 4.69) is 10.4 Å². The standard InChI is InChI=1S/C26H28N4O5/c1-26(25(32)27-18-6-3-2-4-7-18)15-30-20(13-19(28-30)21-8-5-11-33-21)24(31)29(26)14-17-9-10-22-23(12-17)35-16-34-22/h5,8-13,18H,2-4,6-7,14-16H2,1H3,(H,27,32)/t26-/m1/s1. The Bertz CT molecular complexity index is 1260. The van der Waals surface area contributed by atoms with Crippen LogP contribution < -0.4 is 14.8 Å². The fraction of sp³-hybridized carbons (Fsp3) is 0.423. The van der Waals surface area contributed by atoms with E-state index < -0.39 is 5.54 Å². The summed E-state index contributed by atoms with van der Waals surface area (Å²) >= 11 is 0. The minimum atomic E-state index is -1.12. The second-order valence-electron chi connectivity index (χ2n) is 9.71. The number of furan rings is 1. The highest BCUT2D eigenvalue weighted by Gasteiger charge is 2.48. The molecule has 182 valence electrons. The summed E-state index contributed by atoms with van der Waals surface area (Å²) in [4.78, 5) is 29.3. The Morgan fingerprint density at radius 3 is 2.77 bits per heavy atom. The minimum absolute atomic E-state index is 0.133. The number of hydrogen-bond acceptors (Lipinski definition) is 6. The van der Waals surface area contributed by atoms with Crippen LogP contribution in [0.1, 0.15) is 55.1 Å². The molecule has 3 aliphatic rings. The Balaban J connectivity index is 1.35. The van der Waals surface area contributed by atoms with E-state index in [1.165, 1.54) is 6.42 Å². The van der Waals surface area contributed by atoms with Crippen molar-refractivity contribution in [2.24, 2.45) is 0 Å². The number of ether oxygens (including phenoxy) is 2. The van der Waals surface area contributed by atoms with Crippen LogP contribution in [0.15, 0.2) is 47.1 Å². The average molecular weight is 477 g/mol. The highest BCUT2D eigenvalue weighted by molar-refractivity contribution is 6.00. The zero-order chi connectivity index (χ0) is 24.0. The van der Waals surface area contributed by atoms with Crippen molar-refractivity contribution in [2.75, 3.05) is 6.79 Å². The lowest BCUT2D eigenvalue weighted by Crippen LogP contribution is -2.64. The molecule has 9 heteroatoms. The lowest BCUT2D eigenvalue weighted by atomic mass is 9.91. The first-order valence-corrected chi connectivity index (χ1v) is 12.1. The first-order valence-electron chi connectivity index (χ1n) is 12.1. The molecular weight excluding hydrogens is 448 g/mol. The van der Waals surface area contributed by atoms with Gasteiger partial charge in [-0.2, -0.15) is 5.10 Å². The van der Waals surface area contributed by atoms with Crippen molar-refractivity contribution in [2.45, 2.75) is 63.7 Å². The zero-order valence-corrected chi connectivity index (χ0v) is 19.7. The van der Waals surface area contributed by atoms with Gasteiger partial charge in [0.2, 0.25) is 12.7 Å². The van der Waals surface area contributed by atoms with Crippen LogP contribution in [0, 0.1) is 0 Å². The summed E-state index contributed by atoms with van der Waals surface area (Å²) in [5.74, 6) is 1.50. The molecule has 0 bridgehead atoms. The fourth-order valence-corrected chi connectivity index (χ4v) is 5.24. The smallest absolute Gasteiger partial charge is 0.273 e. The first kappa shape index (κ1) is 21.8. The molecule has 35 heavy (non-hydrogen) atoms. The molecule has 2 aromatic heterocycles. The maximum atomic E-state index is 13.8. The van der Waals surface area contributed by atoms with Crippen molar-refractivity contribution in [1.29, 1.82) is 0 Å². The number of aromatic nitrogens is 2. The van der Waals surface area contributed by atoms with Gasteiger partial charge in [-0.15, -0.1) is 0 Å². The zero-order valence-electron chi connectivity index (χ0n) is 19.7. The Kier molecular flexibility index (Phi) is 5.27. The first-order chi connectivity index (χ1) is 17.0. The molecule has 1 aliphatic carbocycles. The monoisotopic (exact) mass is 476 g/mol. The SMILES string of the molecule is C[C@]1(C(=O)NC2CCCCC2)Cn2nc(-c3ccco3)cc2C(=O)N1Cc1ccc2c(c1)OCO2. The number of rotatable bonds is 5. The third-order valence-corrected chi connectivity index (χ3v) is 7.28. The van der Waals surface area contributed by atoms with Gasteiger partial charge in [0.1, 0.15) is 16.9 Å². The van der Waals surface area contributed by atoms with E-state index in [1.54, 1.807) is 34.0 Å². The largest absolute Gasteiger partial charge is 0.463 e. The lowest BCUT2D eigenvalue weighted by Gasteiger charge is -2.44. The molecule has 0 unspecified atom stereocenters. The van der Waals surface area contributed by atoms with Crippen LogP contribution in [0.2, 0.25) is 0 Å². The van der Waals surface area contributed by atoms with Gasteiger partial charge >= 0.3 is 0 Å². The predicted octanol–water partition coefficient (Wildman–Crippen LogP) is 3.74. The molecule has 1 N–H and O–H groups in total. The van der Waals surface area contributed by atoms with E-state index in [9.17, 15) is 9.59 Å².